The largest absolute Gasteiger partial charge is 0.469 e. The standard InChI is InChI=1S/C27H45O8P/c1-23(2,29)11-6-12-26(5,30)21-8-7-19-18-15-22(28)27(31)16-17(35-36(32,33)34)9-14-25(27,4)20(18)10-13-24(19,21)3/h7,15,17,20-22,28-31H,6,8-14,16H2,1-5H3,(H2,32,33,34)/t17-,20?,21-,22-,24-,25+,26+,27-/m0/s1. The Morgan fingerprint density at radius 2 is 1.78 bits per heavy atom. The van der Waals surface area contributed by atoms with E-state index < -0.39 is 42.2 Å². The van der Waals surface area contributed by atoms with Crippen LogP contribution in [-0.4, -0.2) is 59.2 Å². The molecule has 0 aromatic heterocycles. The number of phosphoric acid groups is 1. The fraction of sp³-hybridized carbons (Fsp3) is 0.852. The minimum atomic E-state index is -4.70. The molecule has 8 nitrogen and oxygen atoms in total. The molecule has 0 spiro atoms. The van der Waals surface area contributed by atoms with Crippen molar-refractivity contribution in [2.45, 2.75) is 121 Å². The Labute approximate surface area is 214 Å². The third-order valence-corrected chi connectivity index (χ3v) is 10.8. The number of phosphoric ester groups is 1. The van der Waals surface area contributed by atoms with Crippen molar-refractivity contribution in [3.8, 4) is 0 Å². The normalized spacial score (nSPS) is 42.5. The Hall–Kier alpha value is -0.570. The molecule has 9 heteroatoms. The van der Waals surface area contributed by atoms with Gasteiger partial charge in [-0.1, -0.05) is 19.9 Å². The molecule has 2 saturated carbocycles. The molecule has 0 aromatic carbocycles. The molecule has 0 aromatic rings. The highest BCUT2D eigenvalue weighted by Gasteiger charge is 2.64. The van der Waals surface area contributed by atoms with Crippen LogP contribution in [0.2, 0.25) is 0 Å². The lowest BCUT2D eigenvalue weighted by Crippen LogP contribution is -2.65. The number of rotatable bonds is 7. The third-order valence-electron chi connectivity index (χ3n) is 10.2. The van der Waals surface area contributed by atoms with Crippen LogP contribution >= 0.6 is 7.82 Å². The van der Waals surface area contributed by atoms with Crippen LogP contribution in [0.15, 0.2) is 23.3 Å². The molecule has 2 fully saturated rings. The number of aliphatic hydroxyl groups excluding tert-OH is 1. The van der Waals surface area contributed by atoms with Gasteiger partial charge in [0.15, 0.2) is 0 Å². The van der Waals surface area contributed by atoms with Gasteiger partial charge >= 0.3 is 7.82 Å². The summed E-state index contributed by atoms with van der Waals surface area (Å²) in [5.41, 5.74) is -1.93. The molecule has 0 amide bonds. The second-order valence-electron chi connectivity index (χ2n) is 13.3. The summed E-state index contributed by atoms with van der Waals surface area (Å²) in [6.45, 7) is 9.67. The molecular weight excluding hydrogens is 483 g/mol. The van der Waals surface area contributed by atoms with E-state index in [1.54, 1.807) is 19.9 Å². The molecule has 1 unspecified atom stereocenters. The highest BCUT2D eigenvalue weighted by Crippen LogP contribution is 2.67. The van der Waals surface area contributed by atoms with Gasteiger partial charge in [0.25, 0.3) is 0 Å². The van der Waals surface area contributed by atoms with E-state index in [9.17, 15) is 34.8 Å². The van der Waals surface area contributed by atoms with Gasteiger partial charge in [0.05, 0.1) is 17.3 Å². The zero-order chi connectivity index (χ0) is 26.9. The summed E-state index contributed by atoms with van der Waals surface area (Å²) < 4.78 is 16.3. The maximum Gasteiger partial charge on any atom is 0.469 e. The first-order chi connectivity index (χ1) is 16.3. The van der Waals surface area contributed by atoms with E-state index in [1.807, 2.05) is 13.8 Å². The lowest BCUT2D eigenvalue weighted by Gasteiger charge is -2.61. The smallest absolute Gasteiger partial charge is 0.390 e. The summed E-state index contributed by atoms with van der Waals surface area (Å²) in [5, 5.41) is 44.7. The summed E-state index contributed by atoms with van der Waals surface area (Å²) >= 11 is 0. The zero-order valence-corrected chi connectivity index (χ0v) is 23.2. The molecule has 0 aliphatic heterocycles. The van der Waals surface area contributed by atoms with E-state index in [0.717, 1.165) is 36.8 Å². The quantitative estimate of drug-likeness (QED) is 0.274. The molecule has 6 N–H and O–H groups in total. The summed E-state index contributed by atoms with van der Waals surface area (Å²) in [6, 6.07) is 0. The van der Waals surface area contributed by atoms with Gasteiger partial charge in [0, 0.05) is 17.8 Å². The van der Waals surface area contributed by atoms with Gasteiger partial charge in [-0.05, 0) is 101 Å². The van der Waals surface area contributed by atoms with Gasteiger partial charge in [-0.25, -0.2) is 4.57 Å². The molecule has 36 heavy (non-hydrogen) atoms. The maximum absolute atomic E-state index is 11.8. The second kappa shape index (κ2) is 8.99. The van der Waals surface area contributed by atoms with Gasteiger partial charge in [-0.2, -0.15) is 0 Å². The van der Waals surface area contributed by atoms with Crippen molar-refractivity contribution in [1.29, 1.82) is 0 Å². The first-order valence-corrected chi connectivity index (χ1v) is 14.9. The van der Waals surface area contributed by atoms with Crippen molar-refractivity contribution in [2.24, 2.45) is 22.7 Å². The van der Waals surface area contributed by atoms with Crippen molar-refractivity contribution in [1.82, 2.24) is 0 Å². The second-order valence-corrected chi connectivity index (χ2v) is 14.5. The van der Waals surface area contributed by atoms with Gasteiger partial charge < -0.3 is 30.2 Å². The number of fused-ring (bicyclic) bond motifs is 5. The average Bonchev–Trinajstić information content (AvgIpc) is 3.06. The molecule has 4 aliphatic rings. The molecule has 0 bridgehead atoms. The summed E-state index contributed by atoms with van der Waals surface area (Å²) in [5.74, 6) is 0.0157. The molecule has 4 aliphatic carbocycles. The fourth-order valence-electron chi connectivity index (χ4n) is 8.21. The fourth-order valence-corrected chi connectivity index (χ4v) is 8.78. The summed E-state index contributed by atoms with van der Waals surface area (Å²) in [7, 11) is -4.70. The molecule has 4 rings (SSSR count). The van der Waals surface area contributed by atoms with Crippen LogP contribution in [0.3, 0.4) is 0 Å². The Balaban J connectivity index is 1.59. The van der Waals surface area contributed by atoms with Crippen molar-refractivity contribution >= 4 is 7.82 Å². The van der Waals surface area contributed by atoms with Gasteiger partial charge in [-0.3, -0.25) is 4.52 Å². The van der Waals surface area contributed by atoms with Crippen LogP contribution in [0.1, 0.15) is 92.4 Å². The van der Waals surface area contributed by atoms with Crippen molar-refractivity contribution in [3.05, 3.63) is 23.3 Å². The Morgan fingerprint density at radius 1 is 1.11 bits per heavy atom. The topological polar surface area (TPSA) is 148 Å². The third kappa shape index (κ3) is 4.82. The lowest BCUT2D eigenvalue weighted by molar-refractivity contribution is -0.205. The van der Waals surface area contributed by atoms with Crippen molar-refractivity contribution in [2.75, 3.05) is 0 Å². The first-order valence-electron chi connectivity index (χ1n) is 13.3. The highest BCUT2D eigenvalue weighted by molar-refractivity contribution is 7.46. The van der Waals surface area contributed by atoms with E-state index in [4.69, 9.17) is 4.52 Å². The highest BCUT2D eigenvalue weighted by atomic mass is 31.2. The number of aliphatic hydroxyl groups is 4. The number of allylic oxidation sites excluding steroid dienone is 3. The summed E-state index contributed by atoms with van der Waals surface area (Å²) in [6.07, 6.45) is 7.11. The van der Waals surface area contributed by atoms with Crippen LogP contribution in [-0.2, 0) is 9.09 Å². The minimum absolute atomic E-state index is 0.000111. The Bertz CT molecular complexity index is 977. The SMILES string of the molecule is CC(C)(O)CCC[C@@](C)(O)[C@H]1CC=C2C3=C[C@H](O)[C@@]4(O)C[C@@H](OP(=O)(O)O)CC[C@]4(C)C3CC[C@@]21C. The van der Waals surface area contributed by atoms with Crippen LogP contribution in [0.25, 0.3) is 0 Å². The molecular formula is C27H45O8P. The average molecular weight is 529 g/mol. The monoisotopic (exact) mass is 528 g/mol. The molecule has 206 valence electrons. The predicted molar refractivity (Wildman–Crippen MR) is 136 cm³/mol. The first kappa shape index (κ1) is 28.4. The van der Waals surface area contributed by atoms with Crippen LogP contribution in [0.5, 0.6) is 0 Å². The van der Waals surface area contributed by atoms with E-state index in [0.29, 0.717) is 25.7 Å². The molecule has 0 saturated heterocycles. The van der Waals surface area contributed by atoms with Crippen molar-refractivity contribution in [3.63, 3.8) is 0 Å². The number of hydrogen-bond donors (Lipinski definition) is 6. The predicted octanol–water partition coefficient (Wildman–Crippen LogP) is 3.74. The minimum Gasteiger partial charge on any atom is -0.390 e. The van der Waals surface area contributed by atoms with Crippen molar-refractivity contribution < 1.29 is 39.3 Å². The van der Waals surface area contributed by atoms with E-state index in [-0.39, 0.29) is 23.7 Å². The van der Waals surface area contributed by atoms with E-state index in [1.165, 1.54) is 0 Å². The number of hydrogen-bond acceptors (Lipinski definition) is 6. The van der Waals surface area contributed by atoms with E-state index >= 15 is 0 Å². The van der Waals surface area contributed by atoms with Gasteiger partial charge in [0.1, 0.15) is 11.7 Å². The van der Waals surface area contributed by atoms with E-state index in [2.05, 4.69) is 13.0 Å². The molecule has 0 heterocycles. The molecule has 0 radical (unpaired) electrons. The maximum atomic E-state index is 11.8. The van der Waals surface area contributed by atoms with Crippen LogP contribution < -0.4 is 0 Å². The van der Waals surface area contributed by atoms with Crippen LogP contribution in [0.4, 0.5) is 0 Å². The van der Waals surface area contributed by atoms with Gasteiger partial charge in [-0.15, -0.1) is 0 Å². The molecule has 8 atom stereocenters. The van der Waals surface area contributed by atoms with Crippen LogP contribution in [0, 0.1) is 22.7 Å². The Morgan fingerprint density at radius 3 is 2.39 bits per heavy atom. The van der Waals surface area contributed by atoms with Gasteiger partial charge in [0.2, 0.25) is 0 Å². The zero-order valence-electron chi connectivity index (χ0n) is 22.3. The lowest BCUT2D eigenvalue weighted by atomic mass is 9.46. The Kier molecular flexibility index (Phi) is 7.10. The summed E-state index contributed by atoms with van der Waals surface area (Å²) in [4.78, 5) is 18.6.